The highest BCUT2D eigenvalue weighted by Gasteiger charge is 2.24. The molecule has 0 spiro atoms. The van der Waals surface area contributed by atoms with E-state index in [4.69, 9.17) is 0 Å². The molecule has 2 aliphatic rings. The lowest BCUT2D eigenvalue weighted by Gasteiger charge is -2.30. The van der Waals surface area contributed by atoms with E-state index in [0.717, 1.165) is 25.1 Å². The normalized spacial score (nSPS) is 24.2. The first-order chi connectivity index (χ1) is 10.2. The van der Waals surface area contributed by atoms with Crippen LogP contribution in [0.4, 0.5) is 5.69 Å². The molecule has 1 amide bonds. The molecule has 0 aliphatic carbocycles. The smallest absolute Gasteiger partial charge is 0.241 e. The third kappa shape index (κ3) is 3.63. The van der Waals surface area contributed by atoms with Crippen LogP contribution in [0, 0.1) is 5.92 Å². The summed E-state index contributed by atoms with van der Waals surface area (Å²) in [4.78, 5) is 14.7. The van der Waals surface area contributed by atoms with Crippen molar-refractivity contribution in [1.82, 2.24) is 10.2 Å². The molecule has 1 aromatic carbocycles. The Kier molecular flexibility index (Phi) is 4.56. The molecule has 4 nitrogen and oxygen atoms in total. The van der Waals surface area contributed by atoms with Gasteiger partial charge in [0, 0.05) is 5.69 Å². The fourth-order valence-electron chi connectivity index (χ4n) is 3.28. The van der Waals surface area contributed by atoms with Gasteiger partial charge in [0.25, 0.3) is 0 Å². The van der Waals surface area contributed by atoms with Crippen LogP contribution >= 0.6 is 0 Å². The summed E-state index contributed by atoms with van der Waals surface area (Å²) in [6.07, 6.45) is 4.31. The van der Waals surface area contributed by atoms with Crippen molar-refractivity contribution in [3.63, 3.8) is 0 Å². The van der Waals surface area contributed by atoms with E-state index in [-0.39, 0.29) is 11.9 Å². The van der Waals surface area contributed by atoms with Gasteiger partial charge in [0.1, 0.15) is 0 Å². The van der Waals surface area contributed by atoms with E-state index >= 15 is 0 Å². The number of piperidine rings is 1. The van der Waals surface area contributed by atoms with Gasteiger partial charge in [-0.15, -0.1) is 0 Å². The van der Waals surface area contributed by atoms with Crippen molar-refractivity contribution in [2.24, 2.45) is 5.92 Å². The number of likely N-dealkylation sites (tertiary alicyclic amines) is 1. The maximum absolute atomic E-state index is 12.3. The molecule has 3 rings (SSSR count). The number of rotatable bonds is 3. The second-order valence-corrected chi connectivity index (χ2v) is 6.39. The molecule has 4 heteroatoms. The zero-order chi connectivity index (χ0) is 14.7. The summed E-state index contributed by atoms with van der Waals surface area (Å²) >= 11 is 0. The first kappa shape index (κ1) is 14.5. The third-order valence-corrected chi connectivity index (χ3v) is 4.79. The molecule has 0 saturated carbocycles. The number of aryl methyl sites for hydroxylation is 1. The van der Waals surface area contributed by atoms with E-state index in [1.165, 1.54) is 31.5 Å². The second kappa shape index (κ2) is 6.58. The number of anilines is 1. The summed E-state index contributed by atoms with van der Waals surface area (Å²) in [6, 6.07) is 8.06. The topological polar surface area (TPSA) is 44.4 Å². The summed E-state index contributed by atoms with van der Waals surface area (Å²) in [7, 11) is 2.18. The van der Waals surface area contributed by atoms with Gasteiger partial charge < -0.3 is 15.5 Å². The molecule has 114 valence electrons. The number of hydrogen-bond donors (Lipinski definition) is 2. The first-order valence-electron chi connectivity index (χ1n) is 8.03. The first-order valence-corrected chi connectivity index (χ1v) is 8.03. The van der Waals surface area contributed by atoms with Crippen LogP contribution in [0.3, 0.4) is 0 Å². The maximum atomic E-state index is 12.3. The number of carbonyl (C=O) groups excluding carboxylic acids is 1. The van der Waals surface area contributed by atoms with Gasteiger partial charge in [0.05, 0.1) is 6.04 Å². The van der Waals surface area contributed by atoms with Crippen molar-refractivity contribution in [2.75, 3.05) is 32.0 Å². The largest absolute Gasteiger partial charge is 0.324 e. The molecule has 21 heavy (non-hydrogen) atoms. The van der Waals surface area contributed by atoms with Crippen molar-refractivity contribution >= 4 is 11.6 Å². The molecular weight excluding hydrogens is 262 g/mol. The van der Waals surface area contributed by atoms with Gasteiger partial charge >= 0.3 is 0 Å². The number of amides is 1. The number of benzene rings is 1. The van der Waals surface area contributed by atoms with Gasteiger partial charge in [-0.05, 0) is 69.9 Å². The minimum atomic E-state index is -0.0583. The molecule has 0 radical (unpaired) electrons. The molecule has 1 aromatic rings. The monoisotopic (exact) mass is 287 g/mol. The highest BCUT2D eigenvalue weighted by atomic mass is 16.2. The van der Waals surface area contributed by atoms with Crippen molar-refractivity contribution in [2.45, 2.75) is 31.7 Å². The zero-order valence-electron chi connectivity index (χ0n) is 12.8. The second-order valence-electron chi connectivity index (χ2n) is 6.39. The summed E-state index contributed by atoms with van der Waals surface area (Å²) < 4.78 is 0. The quantitative estimate of drug-likeness (QED) is 0.892. The molecule has 1 atom stereocenters. The van der Waals surface area contributed by atoms with E-state index in [9.17, 15) is 4.79 Å². The number of nitrogens with one attached hydrogen (secondary N) is 2. The molecule has 1 fully saturated rings. The number of para-hydroxylation sites is 1. The molecule has 2 aliphatic heterocycles. The van der Waals surface area contributed by atoms with Crippen LogP contribution in [-0.2, 0) is 11.2 Å². The van der Waals surface area contributed by atoms with Crippen LogP contribution in [0.5, 0.6) is 0 Å². The fraction of sp³-hybridized carbons (Fsp3) is 0.588. The average Bonchev–Trinajstić information content (AvgIpc) is 2.65. The van der Waals surface area contributed by atoms with Crippen molar-refractivity contribution in [3.8, 4) is 0 Å². The zero-order valence-corrected chi connectivity index (χ0v) is 12.8. The molecular formula is C17H25N3O. The predicted octanol–water partition coefficient (Wildman–Crippen LogP) is 1.87. The predicted molar refractivity (Wildman–Crippen MR) is 85.4 cm³/mol. The van der Waals surface area contributed by atoms with E-state index in [1.54, 1.807) is 0 Å². The Morgan fingerprint density at radius 3 is 2.81 bits per heavy atom. The standard InChI is InChI=1S/C17H25N3O/c1-20-10-8-13(9-11-20)12-18-16-7-6-14-4-2-3-5-15(14)19-17(16)21/h2-5,13,16,18H,6-12H2,1H3,(H,19,21). The number of fused-ring (bicyclic) bond motifs is 1. The SMILES string of the molecule is CN1CCC(CNC2CCc3ccccc3NC2=O)CC1. The summed E-state index contributed by atoms with van der Waals surface area (Å²) in [6.45, 7) is 3.31. The Bertz CT molecular complexity index is 495. The summed E-state index contributed by atoms with van der Waals surface area (Å²) in [5.74, 6) is 0.826. The lowest BCUT2D eigenvalue weighted by Crippen LogP contribution is -2.43. The van der Waals surface area contributed by atoms with Crippen LogP contribution in [-0.4, -0.2) is 43.5 Å². The van der Waals surface area contributed by atoms with Crippen molar-refractivity contribution < 1.29 is 4.79 Å². The average molecular weight is 287 g/mol. The van der Waals surface area contributed by atoms with Crippen molar-refractivity contribution in [1.29, 1.82) is 0 Å². The van der Waals surface area contributed by atoms with Gasteiger partial charge in [-0.3, -0.25) is 4.79 Å². The van der Waals surface area contributed by atoms with Crippen LogP contribution in [0.15, 0.2) is 24.3 Å². The van der Waals surface area contributed by atoms with E-state index in [2.05, 4.69) is 28.6 Å². The number of hydrogen-bond acceptors (Lipinski definition) is 3. The molecule has 2 N–H and O–H groups in total. The van der Waals surface area contributed by atoms with Crippen LogP contribution in [0.1, 0.15) is 24.8 Å². The van der Waals surface area contributed by atoms with Crippen LogP contribution in [0.25, 0.3) is 0 Å². The fourth-order valence-corrected chi connectivity index (χ4v) is 3.28. The number of nitrogens with zero attached hydrogens (tertiary/aromatic N) is 1. The Balaban J connectivity index is 1.54. The Morgan fingerprint density at radius 1 is 1.24 bits per heavy atom. The van der Waals surface area contributed by atoms with Gasteiger partial charge in [-0.2, -0.15) is 0 Å². The van der Waals surface area contributed by atoms with Gasteiger partial charge in [0.2, 0.25) is 5.91 Å². The summed E-state index contributed by atoms with van der Waals surface area (Å²) in [5.41, 5.74) is 2.22. The Labute approximate surface area is 126 Å². The highest BCUT2D eigenvalue weighted by molar-refractivity contribution is 5.96. The molecule has 2 heterocycles. The highest BCUT2D eigenvalue weighted by Crippen LogP contribution is 2.22. The van der Waals surface area contributed by atoms with E-state index < -0.39 is 0 Å². The molecule has 0 bridgehead atoms. The molecule has 1 unspecified atom stereocenters. The Hall–Kier alpha value is -1.39. The number of carbonyl (C=O) groups is 1. The van der Waals surface area contributed by atoms with Crippen molar-refractivity contribution in [3.05, 3.63) is 29.8 Å². The lowest BCUT2D eigenvalue weighted by atomic mass is 9.96. The Morgan fingerprint density at radius 2 is 2.00 bits per heavy atom. The summed E-state index contributed by atoms with van der Waals surface area (Å²) in [5, 5.41) is 6.56. The molecule has 0 aromatic heterocycles. The minimum absolute atomic E-state index is 0.0583. The lowest BCUT2D eigenvalue weighted by molar-refractivity contribution is -0.118. The molecule has 1 saturated heterocycles. The van der Waals surface area contributed by atoms with Crippen LogP contribution in [0.2, 0.25) is 0 Å². The van der Waals surface area contributed by atoms with Gasteiger partial charge in [-0.1, -0.05) is 18.2 Å². The van der Waals surface area contributed by atoms with Crippen LogP contribution < -0.4 is 10.6 Å². The van der Waals surface area contributed by atoms with E-state index in [0.29, 0.717) is 5.92 Å². The minimum Gasteiger partial charge on any atom is -0.324 e. The van der Waals surface area contributed by atoms with E-state index in [1.807, 2.05) is 18.2 Å². The van der Waals surface area contributed by atoms with Gasteiger partial charge in [-0.25, -0.2) is 0 Å². The van der Waals surface area contributed by atoms with Gasteiger partial charge in [0.15, 0.2) is 0 Å². The third-order valence-electron chi connectivity index (χ3n) is 4.79. The maximum Gasteiger partial charge on any atom is 0.241 e.